The molecule has 1 heterocycles. The Morgan fingerprint density at radius 2 is 1.68 bits per heavy atom. The Labute approximate surface area is 239 Å². The normalized spacial score (nSPS) is 42.0. The van der Waals surface area contributed by atoms with Crippen LogP contribution in [0.5, 0.6) is 0 Å². The Kier molecular flexibility index (Phi) is 6.99. The van der Waals surface area contributed by atoms with Crippen molar-refractivity contribution >= 4 is 23.7 Å². The fraction of sp³-hybridized carbons (Fsp3) is 0.613. The fourth-order valence-corrected chi connectivity index (χ4v) is 8.29. The average Bonchev–Trinajstić information content (AvgIpc) is 3.25. The van der Waals surface area contributed by atoms with Crippen LogP contribution in [0.15, 0.2) is 42.5 Å². The topological polar surface area (TPSA) is 146 Å². The minimum Gasteiger partial charge on any atom is -0.465 e. The number of benzene rings is 1. The zero-order valence-corrected chi connectivity index (χ0v) is 24.2. The molecular formula is C31H38O10. The van der Waals surface area contributed by atoms with E-state index in [1.807, 2.05) is 19.9 Å². The summed E-state index contributed by atoms with van der Waals surface area (Å²) in [5.74, 6) is -6.02. The van der Waals surface area contributed by atoms with Crippen LogP contribution in [0.1, 0.15) is 58.3 Å². The van der Waals surface area contributed by atoms with Gasteiger partial charge >= 0.3 is 17.9 Å². The second-order valence-corrected chi connectivity index (χ2v) is 12.8. The molecule has 2 N–H and O–H groups in total. The SMILES string of the molecule is CC(=O)OC[C@@]12[C@H](OC(=O)c3ccccc3)[C@H]3[C@@H](O)[C@@H](C)C[C@]3(O)C(=O)[C@@]3(C)OC(C)(C)[C@@H](C=C[C@H]1OC(C)=O)[C@H]23. The predicted octanol–water partition coefficient (Wildman–Crippen LogP) is 2.39. The first-order chi connectivity index (χ1) is 19.1. The number of Topliss-reactive ketones (excluding diaryl/α,β-unsaturated/α-hetero) is 1. The summed E-state index contributed by atoms with van der Waals surface area (Å²) in [4.78, 5) is 53.1. The van der Waals surface area contributed by atoms with Crippen molar-refractivity contribution in [2.75, 3.05) is 6.61 Å². The lowest BCUT2D eigenvalue weighted by molar-refractivity contribution is -0.201. The predicted molar refractivity (Wildman–Crippen MR) is 143 cm³/mol. The van der Waals surface area contributed by atoms with Gasteiger partial charge in [0.15, 0.2) is 5.78 Å². The molecule has 4 aliphatic rings. The summed E-state index contributed by atoms with van der Waals surface area (Å²) in [6.07, 6.45) is -0.545. The van der Waals surface area contributed by atoms with E-state index in [2.05, 4.69) is 0 Å². The van der Waals surface area contributed by atoms with Gasteiger partial charge in [-0.1, -0.05) is 31.2 Å². The van der Waals surface area contributed by atoms with Crippen LogP contribution in [0.4, 0.5) is 0 Å². The molecule has 222 valence electrons. The third-order valence-corrected chi connectivity index (χ3v) is 9.73. The summed E-state index contributed by atoms with van der Waals surface area (Å²) in [7, 11) is 0. The highest BCUT2D eigenvalue weighted by molar-refractivity contribution is 5.97. The third kappa shape index (κ3) is 4.25. The lowest BCUT2D eigenvalue weighted by atomic mass is 9.54. The molecule has 0 bridgehead atoms. The maximum Gasteiger partial charge on any atom is 0.338 e. The van der Waals surface area contributed by atoms with Crippen LogP contribution in [0.2, 0.25) is 0 Å². The molecule has 0 radical (unpaired) electrons. The molecule has 5 rings (SSSR count). The molecule has 1 aromatic rings. The van der Waals surface area contributed by atoms with Crippen molar-refractivity contribution in [3.63, 3.8) is 0 Å². The van der Waals surface area contributed by atoms with E-state index in [0.717, 1.165) is 0 Å². The lowest BCUT2D eigenvalue weighted by Crippen LogP contribution is -2.64. The highest BCUT2D eigenvalue weighted by atomic mass is 16.6. The second kappa shape index (κ2) is 9.74. The number of aliphatic hydroxyl groups is 2. The molecule has 1 aromatic carbocycles. The number of ketones is 1. The van der Waals surface area contributed by atoms with Crippen LogP contribution in [0, 0.1) is 29.1 Å². The highest BCUT2D eigenvalue weighted by Crippen LogP contribution is 2.66. The van der Waals surface area contributed by atoms with Crippen molar-refractivity contribution < 1.29 is 48.3 Å². The van der Waals surface area contributed by atoms with Gasteiger partial charge in [0.2, 0.25) is 0 Å². The number of hydrogen-bond donors (Lipinski definition) is 2. The van der Waals surface area contributed by atoms with Crippen molar-refractivity contribution in [2.24, 2.45) is 29.1 Å². The van der Waals surface area contributed by atoms with Gasteiger partial charge in [0.25, 0.3) is 0 Å². The Morgan fingerprint density at radius 3 is 2.29 bits per heavy atom. The molecule has 41 heavy (non-hydrogen) atoms. The van der Waals surface area contributed by atoms with Gasteiger partial charge in [0.05, 0.1) is 28.6 Å². The Hall–Kier alpha value is -3.08. The minimum atomic E-state index is -2.17. The summed E-state index contributed by atoms with van der Waals surface area (Å²) in [6.45, 7) is 8.92. The van der Waals surface area contributed by atoms with Crippen molar-refractivity contribution in [2.45, 2.75) is 83.1 Å². The van der Waals surface area contributed by atoms with Gasteiger partial charge in [-0.25, -0.2) is 4.79 Å². The lowest BCUT2D eigenvalue weighted by Gasteiger charge is -2.53. The van der Waals surface area contributed by atoms with Gasteiger partial charge < -0.3 is 29.2 Å². The van der Waals surface area contributed by atoms with Crippen molar-refractivity contribution in [3.8, 4) is 0 Å². The van der Waals surface area contributed by atoms with Crippen LogP contribution >= 0.6 is 0 Å². The van der Waals surface area contributed by atoms with E-state index in [0.29, 0.717) is 0 Å². The van der Waals surface area contributed by atoms with Gasteiger partial charge in [-0.2, -0.15) is 0 Å². The van der Waals surface area contributed by atoms with Crippen molar-refractivity contribution in [1.82, 2.24) is 0 Å². The number of esters is 3. The Balaban J connectivity index is 1.84. The molecule has 0 spiro atoms. The Morgan fingerprint density at radius 1 is 1.02 bits per heavy atom. The van der Waals surface area contributed by atoms with E-state index in [9.17, 15) is 29.4 Å². The zero-order chi connectivity index (χ0) is 30.1. The van der Waals surface area contributed by atoms with E-state index in [1.54, 1.807) is 50.3 Å². The maximum absolute atomic E-state index is 14.6. The van der Waals surface area contributed by atoms with E-state index >= 15 is 0 Å². The van der Waals surface area contributed by atoms with Gasteiger partial charge in [0.1, 0.15) is 30.0 Å². The van der Waals surface area contributed by atoms with E-state index in [-0.39, 0.29) is 12.0 Å². The summed E-state index contributed by atoms with van der Waals surface area (Å²) in [6, 6.07) is 8.18. The molecule has 0 aromatic heterocycles. The summed E-state index contributed by atoms with van der Waals surface area (Å²) < 4.78 is 24.3. The maximum atomic E-state index is 14.6. The van der Waals surface area contributed by atoms with Crippen LogP contribution in [0.3, 0.4) is 0 Å². The molecule has 0 amide bonds. The molecular weight excluding hydrogens is 532 g/mol. The molecule has 0 unspecified atom stereocenters. The van der Waals surface area contributed by atoms with Gasteiger partial charge in [0, 0.05) is 25.7 Å². The number of fused-ring (bicyclic) bond motifs is 1. The van der Waals surface area contributed by atoms with E-state index in [1.165, 1.54) is 13.8 Å². The second-order valence-electron chi connectivity index (χ2n) is 12.8. The molecule has 10 atom stereocenters. The Bertz CT molecular complexity index is 1290. The smallest absolute Gasteiger partial charge is 0.338 e. The number of rotatable bonds is 5. The summed E-state index contributed by atoms with van der Waals surface area (Å²) in [5.41, 5.74) is -6.23. The first kappa shape index (κ1) is 29.4. The van der Waals surface area contributed by atoms with Crippen molar-refractivity contribution in [1.29, 1.82) is 0 Å². The molecule has 10 nitrogen and oxygen atoms in total. The van der Waals surface area contributed by atoms with Crippen molar-refractivity contribution in [3.05, 3.63) is 48.0 Å². The van der Waals surface area contributed by atoms with E-state index in [4.69, 9.17) is 18.9 Å². The van der Waals surface area contributed by atoms with Crippen LogP contribution in [-0.4, -0.2) is 75.6 Å². The first-order valence-electron chi connectivity index (χ1n) is 14.0. The average molecular weight is 571 g/mol. The van der Waals surface area contributed by atoms with Crippen LogP contribution in [0.25, 0.3) is 0 Å². The molecule has 2 saturated carbocycles. The third-order valence-electron chi connectivity index (χ3n) is 9.73. The largest absolute Gasteiger partial charge is 0.465 e. The number of carbonyl (C=O) groups is 4. The van der Waals surface area contributed by atoms with Gasteiger partial charge in [-0.05, 0) is 51.3 Å². The quantitative estimate of drug-likeness (QED) is 0.307. The zero-order valence-electron chi connectivity index (χ0n) is 24.2. The van der Waals surface area contributed by atoms with Gasteiger partial charge in [-0.3, -0.25) is 14.4 Å². The number of aliphatic hydroxyl groups excluding tert-OH is 1. The summed E-state index contributed by atoms with van der Waals surface area (Å²) >= 11 is 0. The molecule has 1 aliphatic heterocycles. The minimum absolute atomic E-state index is 0.108. The number of ether oxygens (including phenoxy) is 4. The number of carbonyl (C=O) groups excluding carboxylic acids is 4. The standard InChI is InChI=1S/C31H38O10/c1-16-14-31(37)22(23(16)34)25(40-26(35)19-10-8-7-9-11-19)30(15-38-17(2)32)21(39-18(3)33)13-12-20-24(30)29(6,27(31)36)41-28(20,4)5/h7-13,16,20-25,34,37H,14-15H2,1-6H3/t16-,20-,21+,22+,23-,24-,25+,29-,30+,31+/m0/s1. The molecule has 3 aliphatic carbocycles. The van der Waals surface area contributed by atoms with E-state index < -0.39 is 94.5 Å². The molecule has 3 fully saturated rings. The number of hydrogen-bond acceptors (Lipinski definition) is 10. The fourth-order valence-electron chi connectivity index (χ4n) is 8.29. The van der Waals surface area contributed by atoms with Crippen LogP contribution < -0.4 is 0 Å². The highest BCUT2D eigenvalue weighted by Gasteiger charge is 2.80. The monoisotopic (exact) mass is 570 g/mol. The molecule has 10 heteroatoms. The van der Waals surface area contributed by atoms with Crippen LogP contribution in [-0.2, 0) is 33.3 Å². The first-order valence-corrected chi connectivity index (χ1v) is 14.0. The molecule has 1 saturated heterocycles. The van der Waals surface area contributed by atoms with Gasteiger partial charge in [-0.15, -0.1) is 0 Å². The summed E-state index contributed by atoms with van der Waals surface area (Å²) in [5, 5.41) is 23.9.